The van der Waals surface area contributed by atoms with Crippen LogP contribution in [0.2, 0.25) is 0 Å². The summed E-state index contributed by atoms with van der Waals surface area (Å²) in [6.45, 7) is 3.49. The third-order valence-corrected chi connectivity index (χ3v) is 6.03. The molecule has 1 fully saturated rings. The third kappa shape index (κ3) is 5.11. The van der Waals surface area contributed by atoms with E-state index in [1.807, 2.05) is 6.92 Å². The van der Waals surface area contributed by atoms with Gasteiger partial charge in [-0.15, -0.1) is 0 Å². The van der Waals surface area contributed by atoms with E-state index in [2.05, 4.69) is 47.8 Å². The van der Waals surface area contributed by atoms with E-state index in [9.17, 15) is 4.79 Å². The zero-order chi connectivity index (χ0) is 20.2. The number of nitrogens with one attached hydrogen (secondary N) is 1. The summed E-state index contributed by atoms with van der Waals surface area (Å²) in [5.74, 6) is 1.81. The maximum atomic E-state index is 11.3. The monoisotopic (exact) mass is 393 g/mol. The second-order valence-electron chi connectivity index (χ2n) is 8.44. The number of carbonyl (C=O) groups is 1. The average Bonchev–Trinajstić information content (AvgIpc) is 3.36. The van der Waals surface area contributed by atoms with Crippen molar-refractivity contribution in [2.24, 2.45) is 0 Å². The molecule has 154 valence electrons. The summed E-state index contributed by atoms with van der Waals surface area (Å²) in [6.07, 6.45) is 14.9. The molecule has 1 saturated carbocycles. The Labute approximate surface area is 173 Å². The fraction of sp³-hybridized carbons (Fsp3) is 0.480. The minimum Gasteiger partial charge on any atom is -0.490 e. The first-order valence-corrected chi connectivity index (χ1v) is 10.9. The fourth-order valence-electron chi connectivity index (χ4n) is 4.39. The molecule has 4 nitrogen and oxygen atoms in total. The molecule has 0 bridgehead atoms. The van der Waals surface area contributed by atoms with Gasteiger partial charge in [-0.3, -0.25) is 4.79 Å². The number of aryl methyl sites for hydroxylation is 1. The van der Waals surface area contributed by atoms with Crippen molar-refractivity contribution in [3.8, 4) is 5.75 Å². The van der Waals surface area contributed by atoms with Gasteiger partial charge in [0, 0.05) is 13.3 Å². The maximum absolute atomic E-state index is 11.3. The van der Waals surface area contributed by atoms with Crippen molar-refractivity contribution in [3.05, 3.63) is 65.0 Å². The van der Waals surface area contributed by atoms with Gasteiger partial charge in [0.1, 0.15) is 17.6 Å². The van der Waals surface area contributed by atoms with Crippen LogP contribution in [0.3, 0.4) is 0 Å². The molecular formula is C25H31NO3. The van der Waals surface area contributed by atoms with Gasteiger partial charge in [-0.2, -0.15) is 0 Å². The van der Waals surface area contributed by atoms with E-state index in [1.165, 1.54) is 49.3 Å². The molecule has 0 spiro atoms. The van der Waals surface area contributed by atoms with Crippen LogP contribution in [0.25, 0.3) is 0 Å². The average molecular weight is 394 g/mol. The van der Waals surface area contributed by atoms with E-state index < -0.39 is 0 Å². The Balaban J connectivity index is 1.28. The Kier molecular flexibility index (Phi) is 6.08. The Morgan fingerprint density at radius 2 is 1.93 bits per heavy atom. The van der Waals surface area contributed by atoms with E-state index in [4.69, 9.17) is 9.47 Å². The van der Waals surface area contributed by atoms with Gasteiger partial charge in [0.2, 0.25) is 5.91 Å². The molecule has 0 aromatic heterocycles. The molecule has 1 amide bonds. The van der Waals surface area contributed by atoms with Gasteiger partial charge in [0.05, 0.1) is 12.1 Å². The highest BCUT2D eigenvalue weighted by atomic mass is 16.5. The Morgan fingerprint density at radius 1 is 1.17 bits per heavy atom. The highest BCUT2D eigenvalue weighted by Gasteiger charge is 2.29. The molecule has 2 unspecified atom stereocenters. The van der Waals surface area contributed by atoms with Crippen LogP contribution in [0.15, 0.2) is 59.4 Å². The van der Waals surface area contributed by atoms with Crippen molar-refractivity contribution in [1.29, 1.82) is 0 Å². The fourth-order valence-corrected chi connectivity index (χ4v) is 4.39. The normalized spacial score (nSPS) is 22.1. The van der Waals surface area contributed by atoms with E-state index >= 15 is 0 Å². The van der Waals surface area contributed by atoms with Crippen LogP contribution >= 0.6 is 0 Å². The molecule has 0 radical (unpaired) electrons. The predicted octanol–water partition coefficient (Wildman–Crippen LogP) is 5.00. The Bertz CT molecular complexity index is 828. The molecule has 3 aliphatic rings. The zero-order valence-corrected chi connectivity index (χ0v) is 17.4. The highest BCUT2D eigenvalue weighted by Crippen LogP contribution is 2.34. The molecule has 1 aliphatic heterocycles. The SMILES string of the molecule is CC(=O)NC(C)C1=CC2=CC=C(CCc3ccc(OC4CCCC4)cc3)CC2O1. The lowest BCUT2D eigenvalue weighted by atomic mass is 9.92. The second kappa shape index (κ2) is 8.89. The van der Waals surface area contributed by atoms with E-state index in [1.54, 1.807) is 0 Å². The smallest absolute Gasteiger partial charge is 0.217 e. The minimum atomic E-state index is -0.0904. The highest BCUT2D eigenvalue weighted by molar-refractivity contribution is 5.73. The van der Waals surface area contributed by atoms with Crippen LogP contribution < -0.4 is 10.1 Å². The summed E-state index contributed by atoms with van der Waals surface area (Å²) < 4.78 is 12.2. The molecule has 1 aromatic carbocycles. The molecule has 1 heterocycles. The summed E-state index contributed by atoms with van der Waals surface area (Å²) in [5.41, 5.74) is 3.95. The first kappa shape index (κ1) is 19.8. The van der Waals surface area contributed by atoms with Gasteiger partial charge in [0.25, 0.3) is 0 Å². The zero-order valence-electron chi connectivity index (χ0n) is 17.4. The lowest BCUT2D eigenvalue weighted by Gasteiger charge is -2.21. The lowest BCUT2D eigenvalue weighted by molar-refractivity contribution is -0.119. The summed E-state index contributed by atoms with van der Waals surface area (Å²) in [7, 11) is 0. The predicted molar refractivity (Wildman–Crippen MR) is 115 cm³/mol. The minimum absolute atomic E-state index is 0.0377. The first-order chi connectivity index (χ1) is 14.1. The summed E-state index contributed by atoms with van der Waals surface area (Å²) in [6, 6.07) is 8.51. The number of ether oxygens (including phenoxy) is 2. The molecule has 1 aromatic rings. The van der Waals surface area contributed by atoms with Gasteiger partial charge in [0.15, 0.2) is 0 Å². The quantitative estimate of drug-likeness (QED) is 0.709. The first-order valence-electron chi connectivity index (χ1n) is 10.9. The third-order valence-electron chi connectivity index (χ3n) is 6.03. The van der Waals surface area contributed by atoms with Gasteiger partial charge >= 0.3 is 0 Å². The molecular weight excluding hydrogens is 362 g/mol. The van der Waals surface area contributed by atoms with Crippen molar-refractivity contribution in [3.63, 3.8) is 0 Å². The molecule has 29 heavy (non-hydrogen) atoms. The summed E-state index contributed by atoms with van der Waals surface area (Å²) in [4.78, 5) is 11.3. The molecule has 0 saturated heterocycles. The van der Waals surface area contributed by atoms with Gasteiger partial charge in [-0.05, 0) is 74.8 Å². The van der Waals surface area contributed by atoms with Crippen LogP contribution in [-0.2, 0) is 16.0 Å². The number of hydrogen-bond donors (Lipinski definition) is 1. The van der Waals surface area contributed by atoms with Crippen molar-refractivity contribution < 1.29 is 14.3 Å². The molecule has 2 atom stereocenters. The van der Waals surface area contributed by atoms with Crippen LogP contribution in [0.5, 0.6) is 5.75 Å². The number of rotatable bonds is 7. The molecule has 1 N–H and O–H groups in total. The van der Waals surface area contributed by atoms with Gasteiger partial charge < -0.3 is 14.8 Å². The maximum Gasteiger partial charge on any atom is 0.217 e. The standard InChI is InChI=1S/C25H31NO3/c1-17(26-18(2)27)24-16-21-12-9-20(15-25(21)29-24)8-7-19-10-13-23(14-11-19)28-22-5-3-4-6-22/h9-14,16-17,22,25H,3-8,15H2,1-2H3,(H,26,27). The van der Waals surface area contributed by atoms with Crippen molar-refractivity contribution in [2.45, 2.75) is 77.0 Å². The van der Waals surface area contributed by atoms with Crippen LogP contribution in [0.4, 0.5) is 0 Å². The van der Waals surface area contributed by atoms with Crippen molar-refractivity contribution in [2.75, 3.05) is 0 Å². The van der Waals surface area contributed by atoms with Gasteiger partial charge in [-0.1, -0.05) is 29.9 Å². The summed E-state index contributed by atoms with van der Waals surface area (Å²) >= 11 is 0. The number of fused-ring (bicyclic) bond motifs is 1. The number of allylic oxidation sites excluding steroid dienone is 2. The molecule has 2 aliphatic carbocycles. The topological polar surface area (TPSA) is 47.6 Å². The van der Waals surface area contributed by atoms with Crippen molar-refractivity contribution >= 4 is 5.91 Å². The largest absolute Gasteiger partial charge is 0.490 e. The summed E-state index contributed by atoms with van der Waals surface area (Å²) in [5, 5.41) is 2.89. The van der Waals surface area contributed by atoms with E-state index in [0.29, 0.717) is 6.10 Å². The Hall–Kier alpha value is -2.49. The number of carbonyl (C=O) groups excluding carboxylic acids is 1. The van der Waals surface area contributed by atoms with Gasteiger partial charge in [-0.25, -0.2) is 0 Å². The number of amides is 1. The second-order valence-corrected chi connectivity index (χ2v) is 8.44. The number of benzene rings is 1. The lowest BCUT2D eigenvalue weighted by Crippen LogP contribution is -2.32. The van der Waals surface area contributed by atoms with Crippen LogP contribution in [0, 0.1) is 0 Å². The van der Waals surface area contributed by atoms with Crippen LogP contribution in [0.1, 0.15) is 57.9 Å². The Morgan fingerprint density at radius 3 is 2.66 bits per heavy atom. The van der Waals surface area contributed by atoms with E-state index in [0.717, 1.165) is 30.8 Å². The number of hydrogen-bond acceptors (Lipinski definition) is 3. The van der Waals surface area contributed by atoms with E-state index in [-0.39, 0.29) is 18.1 Å². The molecule has 4 heteroatoms. The van der Waals surface area contributed by atoms with Crippen LogP contribution in [-0.4, -0.2) is 24.2 Å². The molecule has 4 rings (SSSR count). The van der Waals surface area contributed by atoms with Crippen molar-refractivity contribution in [1.82, 2.24) is 5.32 Å².